The third-order valence-corrected chi connectivity index (χ3v) is 7.55. The third kappa shape index (κ3) is 3.95. The van der Waals surface area contributed by atoms with Crippen LogP contribution in [0.3, 0.4) is 0 Å². The number of carbonyl (C=O) groups excluding carboxylic acids is 2. The number of hydrogen-bond acceptors (Lipinski definition) is 5. The molecule has 3 amide bonds. The summed E-state index contributed by atoms with van der Waals surface area (Å²) in [7, 11) is 0. The molecule has 2 saturated heterocycles. The normalized spacial score (nSPS) is 19.5. The van der Waals surface area contributed by atoms with Crippen molar-refractivity contribution in [2.75, 3.05) is 31.1 Å². The van der Waals surface area contributed by atoms with Crippen LogP contribution in [0.5, 0.6) is 0 Å². The lowest BCUT2D eigenvalue weighted by molar-refractivity contribution is -0.137. The monoisotopic (exact) mass is 476 g/mol. The van der Waals surface area contributed by atoms with E-state index in [-0.39, 0.29) is 12.5 Å². The number of urea groups is 1. The second-order valence-electron chi connectivity index (χ2n) is 8.47. The third-order valence-electron chi connectivity index (χ3n) is 6.42. The van der Waals surface area contributed by atoms with Crippen LogP contribution in [-0.4, -0.2) is 48.6 Å². The van der Waals surface area contributed by atoms with Gasteiger partial charge in [-0.15, -0.1) is 0 Å². The van der Waals surface area contributed by atoms with Crippen LogP contribution in [0.15, 0.2) is 52.3 Å². The predicted molar refractivity (Wildman–Crippen MR) is 119 cm³/mol. The quantitative estimate of drug-likeness (QED) is 0.642. The van der Waals surface area contributed by atoms with Crippen molar-refractivity contribution < 1.29 is 22.8 Å². The smallest absolute Gasteiger partial charge is 0.340 e. The van der Waals surface area contributed by atoms with Crippen molar-refractivity contribution in [3.63, 3.8) is 0 Å². The molecule has 0 saturated carbocycles. The number of carbonyl (C=O) groups is 2. The van der Waals surface area contributed by atoms with Gasteiger partial charge in [-0.1, -0.05) is 23.9 Å². The number of para-hydroxylation sites is 1. The van der Waals surface area contributed by atoms with Crippen molar-refractivity contribution in [2.45, 2.75) is 40.8 Å². The Hall–Kier alpha value is -2.72. The summed E-state index contributed by atoms with van der Waals surface area (Å²) in [6, 6.07) is 10.9. The number of halogens is 3. The van der Waals surface area contributed by atoms with Crippen LogP contribution in [0.2, 0.25) is 0 Å². The molecule has 2 fully saturated rings. The average molecular weight is 477 g/mol. The molecular weight excluding hydrogens is 453 g/mol. The summed E-state index contributed by atoms with van der Waals surface area (Å²) in [6.07, 6.45) is -2.90. The highest BCUT2D eigenvalue weighted by molar-refractivity contribution is 7.99. The van der Waals surface area contributed by atoms with Crippen LogP contribution in [0.1, 0.15) is 24.8 Å². The minimum absolute atomic E-state index is 0.205. The second-order valence-corrected chi connectivity index (χ2v) is 9.56. The molecule has 10 heteroatoms. The highest BCUT2D eigenvalue weighted by Crippen LogP contribution is 2.49. The average Bonchev–Trinajstić information content (AvgIpc) is 3.01. The molecule has 6 nitrogen and oxygen atoms in total. The van der Waals surface area contributed by atoms with E-state index in [1.54, 1.807) is 0 Å². The minimum Gasteiger partial charge on any atom is -0.340 e. The zero-order chi connectivity index (χ0) is 23.2. The number of imide groups is 1. The van der Waals surface area contributed by atoms with Crippen molar-refractivity contribution in [1.29, 1.82) is 0 Å². The summed E-state index contributed by atoms with van der Waals surface area (Å²) in [6.45, 7) is 1.91. The van der Waals surface area contributed by atoms with E-state index >= 15 is 0 Å². The molecule has 3 aliphatic rings. The van der Waals surface area contributed by atoms with Gasteiger partial charge < -0.3 is 15.5 Å². The highest BCUT2D eigenvalue weighted by atomic mass is 32.2. The number of fused-ring (bicyclic) bond motifs is 2. The molecule has 0 radical (unpaired) electrons. The fourth-order valence-corrected chi connectivity index (χ4v) is 5.78. The Morgan fingerprint density at radius 3 is 2.39 bits per heavy atom. The molecular formula is C23H23F3N4O2S. The van der Waals surface area contributed by atoms with E-state index in [1.807, 2.05) is 29.2 Å². The SMILES string of the molecule is O=C1NC2(CCNCC2)C(=O)N1CCCN1c2ccccc2Sc2ccc(C(F)(F)F)cc21. The first-order valence-electron chi connectivity index (χ1n) is 10.9. The maximum atomic E-state index is 13.4. The summed E-state index contributed by atoms with van der Waals surface area (Å²) in [5, 5.41) is 6.06. The largest absolute Gasteiger partial charge is 0.416 e. The number of amides is 3. The lowest BCUT2D eigenvalue weighted by Crippen LogP contribution is -2.53. The highest BCUT2D eigenvalue weighted by Gasteiger charge is 2.51. The van der Waals surface area contributed by atoms with E-state index < -0.39 is 23.3 Å². The number of nitrogens with one attached hydrogen (secondary N) is 2. The molecule has 174 valence electrons. The van der Waals surface area contributed by atoms with Gasteiger partial charge in [0.05, 0.1) is 16.9 Å². The Kier molecular flexibility index (Phi) is 5.52. The molecule has 0 atom stereocenters. The first-order valence-corrected chi connectivity index (χ1v) is 11.7. The Balaban J connectivity index is 1.36. The maximum Gasteiger partial charge on any atom is 0.416 e. The summed E-state index contributed by atoms with van der Waals surface area (Å²) < 4.78 is 40.1. The van der Waals surface area contributed by atoms with Crippen molar-refractivity contribution in [2.24, 2.45) is 0 Å². The van der Waals surface area contributed by atoms with Crippen LogP contribution in [-0.2, 0) is 11.0 Å². The number of rotatable bonds is 4. The molecule has 2 aromatic carbocycles. The molecule has 33 heavy (non-hydrogen) atoms. The summed E-state index contributed by atoms with van der Waals surface area (Å²) in [5.41, 5.74) is -0.222. The Bertz CT molecular complexity index is 1100. The maximum absolute atomic E-state index is 13.4. The van der Waals surface area contributed by atoms with Gasteiger partial charge in [-0.2, -0.15) is 13.2 Å². The topological polar surface area (TPSA) is 64.7 Å². The van der Waals surface area contributed by atoms with Gasteiger partial charge in [0.15, 0.2) is 0 Å². The van der Waals surface area contributed by atoms with Crippen LogP contribution in [0.25, 0.3) is 0 Å². The zero-order valence-electron chi connectivity index (χ0n) is 17.7. The lowest BCUT2D eigenvalue weighted by atomic mass is 9.88. The number of anilines is 2. The van der Waals surface area contributed by atoms with E-state index in [0.717, 1.165) is 21.5 Å². The fourth-order valence-electron chi connectivity index (χ4n) is 4.71. The van der Waals surface area contributed by atoms with Gasteiger partial charge in [-0.25, -0.2) is 4.79 Å². The number of nitrogens with zero attached hydrogens (tertiary/aromatic N) is 2. The van der Waals surface area contributed by atoms with Crippen LogP contribution >= 0.6 is 11.8 Å². The standard InChI is InChI=1S/C23H23F3N4O2S/c24-23(25,26)15-6-7-19-17(14-15)29(16-4-1-2-5-18(16)33-19)12-3-13-30-20(31)22(28-21(30)32)8-10-27-11-9-22/h1-2,4-7,14,27H,3,8-13H2,(H,28,32). The van der Waals surface area contributed by atoms with E-state index in [9.17, 15) is 22.8 Å². The van der Waals surface area contributed by atoms with Crippen molar-refractivity contribution in [1.82, 2.24) is 15.5 Å². The molecule has 3 heterocycles. The van der Waals surface area contributed by atoms with Gasteiger partial charge in [0.2, 0.25) is 0 Å². The van der Waals surface area contributed by atoms with Crippen molar-refractivity contribution >= 4 is 35.1 Å². The number of hydrogen-bond donors (Lipinski definition) is 2. The minimum atomic E-state index is -4.44. The number of piperidine rings is 1. The van der Waals surface area contributed by atoms with Gasteiger partial charge in [-0.3, -0.25) is 9.69 Å². The van der Waals surface area contributed by atoms with Crippen LogP contribution in [0.4, 0.5) is 29.3 Å². The zero-order valence-corrected chi connectivity index (χ0v) is 18.6. The summed E-state index contributed by atoms with van der Waals surface area (Å²) in [4.78, 5) is 30.3. The Morgan fingerprint density at radius 1 is 0.939 bits per heavy atom. The van der Waals surface area contributed by atoms with Gasteiger partial charge in [0, 0.05) is 22.9 Å². The second kappa shape index (κ2) is 8.25. The van der Waals surface area contributed by atoms with Gasteiger partial charge in [0.25, 0.3) is 5.91 Å². The van der Waals surface area contributed by atoms with Crippen molar-refractivity contribution in [3.8, 4) is 0 Å². The van der Waals surface area contributed by atoms with Gasteiger partial charge in [-0.05, 0) is 62.7 Å². The number of alkyl halides is 3. The van der Waals surface area contributed by atoms with E-state index in [0.29, 0.717) is 44.6 Å². The van der Waals surface area contributed by atoms with Gasteiger partial charge in [0.1, 0.15) is 5.54 Å². The molecule has 3 aliphatic heterocycles. The molecule has 0 aliphatic carbocycles. The Labute approximate surface area is 193 Å². The number of benzene rings is 2. The molecule has 0 bridgehead atoms. The molecule has 2 N–H and O–H groups in total. The molecule has 0 unspecified atom stereocenters. The predicted octanol–water partition coefficient (Wildman–Crippen LogP) is 4.37. The summed E-state index contributed by atoms with van der Waals surface area (Å²) in [5.74, 6) is -0.205. The molecule has 5 rings (SSSR count). The fraction of sp³-hybridized carbons (Fsp3) is 0.391. The molecule has 2 aromatic rings. The molecule has 1 spiro atoms. The Morgan fingerprint density at radius 2 is 1.64 bits per heavy atom. The van der Waals surface area contributed by atoms with Crippen molar-refractivity contribution in [3.05, 3.63) is 48.0 Å². The van der Waals surface area contributed by atoms with E-state index in [1.165, 1.54) is 28.8 Å². The molecule has 0 aromatic heterocycles. The van der Waals surface area contributed by atoms with Crippen LogP contribution in [0, 0.1) is 0 Å². The van der Waals surface area contributed by atoms with E-state index in [2.05, 4.69) is 10.6 Å². The summed E-state index contributed by atoms with van der Waals surface area (Å²) >= 11 is 1.44. The first-order chi connectivity index (χ1) is 15.8. The first kappa shape index (κ1) is 22.1. The van der Waals surface area contributed by atoms with E-state index in [4.69, 9.17) is 0 Å². The van der Waals surface area contributed by atoms with Crippen LogP contribution < -0.4 is 15.5 Å². The van der Waals surface area contributed by atoms with Gasteiger partial charge >= 0.3 is 12.2 Å². The lowest BCUT2D eigenvalue weighted by Gasteiger charge is -2.34.